The van der Waals surface area contributed by atoms with Gasteiger partial charge in [-0.1, -0.05) is 0 Å². The van der Waals surface area contributed by atoms with E-state index in [9.17, 15) is 4.79 Å². The van der Waals surface area contributed by atoms with Crippen LogP contribution in [-0.2, 0) is 11.3 Å². The normalized spacial score (nSPS) is 16.5. The van der Waals surface area contributed by atoms with Crippen molar-refractivity contribution in [1.29, 1.82) is 0 Å². The monoisotopic (exact) mass is 277 g/mol. The van der Waals surface area contributed by atoms with Gasteiger partial charge in [-0.05, 0) is 18.4 Å². The van der Waals surface area contributed by atoms with E-state index in [0.717, 1.165) is 17.0 Å². The Morgan fingerprint density at radius 3 is 3.00 bits per heavy atom. The summed E-state index contributed by atoms with van der Waals surface area (Å²) in [6, 6.07) is 1.99. The van der Waals surface area contributed by atoms with Crippen LogP contribution in [0.25, 0.3) is 11.5 Å². The first-order valence-electron chi connectivity index (χ1n) is 6.08. The molecule has 100 valence electrons. The molecule has 1 aliphatic heterocycles. The quantitative estimate of drug-likeness (QED) is 0.860. The van der Waals surface area contributed by atoms with Gasteiger partial charge in [-0.25, -0.2) is 4.98 Å². The summed E-state index contributed by atoms with van der Waals surface area (Å²) in [5, 5.41) is 4.02. The first kappa shape index (κ1) is 12.4. The van der Waals surface area contributed by atoms with Crippen LogP contribution in [-0.4, -0.2) is 41.0 Å². The van der Waals surface area contributed by atoms with Crippen molar-refractivity contribution in [2.75, 3.05) is 20.3 Å². The van der Waals surface area contributed by atoms with Gasteiger partial charge in [0.25, 0.3) is 0 Å². The molecule has 19 heavy (non-hydrogen) atoms. The van der Waals surface area contributed by atoms with Crippen molar-refractivity contribution in [2.24, 2.45) is 0 Å². The maximum absolute atomic E-state index is 11.5. The highest BCUT2D eigenvalue weighted by Crippen LogP contribution is 2.24. The first-order valence-corrected chi connectivity index (χ1v) is 7.03. The van der Waals surface area contributed by atoms with Crippen LogP contribution < -0.4 is 0 Å². The zero-order valence-corrected chi connectivity index (χ0v) is 11.7. The fraction of sp³-hybridized carbons (Fsp3) is 0.385. The molecular formula is C13H15N3O2S. The second-order valence-corrected chi connectivity index (χ2v) is 5.53. The van der Waals surface area contributed by atoms with E-state index in [4.69, 9.17) is 4.42 Å². The Morgan fingerprint density at radius 2 is 2.37 bits per heavy atom. The van der Waals surface area contributed by atoms with Crippen molar-refractivity contribution in [3.05, 3.63) is 28.3 Å². The van der Waals surface area contributed by atoms with Gasteiger partial charge in [-0.15, -0.1) is 0 Å². The van der Waals surface area contributed by atoms with Crippen molar-refractivity contribution in [1.82, 2.24) is 14.8 Å². The molecule has 2 aromatic heterocycles. The van der Waals surface area contributed by atoms with Gasteiger partial charge < -0.3 is 9.32 Å². The summed E-state index contributed by atoms with van der Waals surface area (Å²) in [7, 11) is 1.81. The van der Waals surface area contributed by atoms with Crippen molar-refractivity contribution in [3.8, 4) is 11.5 Å². The van der Waals surface area contributed by atoms with Crippen LogP contribution in [0.15, 0.2) is 21.2 Å². The number of likely N-dealkylation sites (N-methyl/N-ethyl adjacent to an activating group) is 1. The lowest BCUT2D eigenvalue weighted by Gasteiger charge is -2.12. The van der Waals surface area contributed by atoms with Crippen LogP contribution in [0.2, 0.25) is 0 Å². The number of carbonyl (C=O) groups excluding carboxylic acids is 1. The van der Waals surface area contributed by atoms with Gasteiger partial charge in [0.2, 0.25) is 11.8 Å². The SMILES string of the molecule is Cc1oc(-c2ccsc2)nc1CN1CC(=O)N(C)C1. The molecule has 0 aliphatic carbocycles. The lowest BCUT2D eigenvalue weighted by molar-refractivity contribution is -0.125. The lowest BCUT2D eigenvalue weighted by Crippen LogP contribution is -2.23. The molecule has 0 atom stereocenters. The van der Waals surface area contributed by atoms with Gasteiger partial charge in [0.05, 0.1) is 18.9 Å². The van der Waals surface area contributed by atoms with E-state index in [1.165, 1.54) is 0 Å². The number of oxazole rings is 1. The zero-order chi connectivity index (χ0) is 13.4. The highest BCUT2D eigenvalue weighted by molar-refractivity contribution is 7.08. The van der Waals surface area contributed by atoms with Crippen LogP contribution in [0, 0.1) is 6.92 Å². The predicted molar refractivity (Wildman–Crippen MR) is 72.6 cm³/mol. The summed E-state index contributed by atoms with van der Waals surface area (Å²) in [6.07, 6.45) is 0. The summed E-state index contributed by atoms with van der Waals surface area (Å²) in [6.45, 7) is 3.67. The van der Waals surface area contributed by atoms with E-state index >= 15 is 0 Å². The second kappa shape index (κ2) is 4.79. The molecule has 3 rings (SSSR count). The van der Waals surface area contributed by atoms with Crippen molar-refractivity contribution in [3.63, 3.8) is 0 Å². The summed E-state index contributed by atoms with van der Waals surface area (Å²) < 4.78 is 5.69. The van der Waals surface area contributed by atoms with Gasteiger partial charge in [0.15, 0.2) is 0 Å². The van der Waals surface area contributed by atoms with Crippen LogP contribution in [0.4, 0.5) is 0 Å². The average molecular weight is 277 g/mol. The molecule has 0 N–H and O–H groups in total. The third-order valence-electron chi connectivity index (χ3n) is 3.23. The molecule has 6 heteroatoms. The third kappa shape index (κ3) is 2.41. The van der Waals surface area contributed by atoms with Crippen LogP contribution >= 0.6 is 11.3 Å². The molecule has 3 heterocycles. The van der Waals surface area contributed by atoms with E-state index in [0.29, 0.717) is 25.6 Å². The topological polar surface area (TPSA) is 49.6 Å². The Labute approximate surface area is 115 Å². The zero-order valence-electron chi connectivity index (χ0n) is 10.9. The number of aromatic nitrogens is 1. The number of amides is 1. The third-order valence-corrected chi connectivity index (χ3v) is 3.91. The molecular weight excluding hydrogens is 262 g/mol. The van der Waals surface area contributed by atoms with Gasteiger partial charge in [-0.3, -0.25) is 9.69 Å². The van der Waals surface area contributed by atoms with E-state index in [1.807, 2.05) is 30.8 Å². The summed E-state index contributed by atoms with van der Waals surface area (Å²) in [5.74, 6) is 1.63. The van der Waals surface area contributed by atoms with Gasteiger partial charge in [-0.2, -0.15) is 11.3 Å². The number of thiophene rings is 1. The number of aryl methyl sites for hydroxylation is 1. The predicted octanol–water partition coefficient (Wildman–Crippen LogP) is 1.94. The number of hydrogen-bond donors (Lipinski definition) is 0. The molecule has 1 fully saturated rings. The van der Waals surface area contributed by atoms with Crippen molar-refractivity contribution < 1.29 is 9.21 Å². The minimum atomic E-state index is 0.152. The maximum Gasteiger partial charge on any atom is 0.237 e. The Balaban J connectivity index is 1.77. The van der Waals surface area contributed by atoms with E-state index in [1.54, 1.807) is 16.2 Å². The van der Waals surface area contributed by atoms with Crippen LogP contribution in [0.1, 0.15) is 11.5 Å². The van der Waals surface area contributed by atoms with E-state index < -0.39 is 0 Å². The minimum absolute atomic E-state index is 0.152. The van der Waals surface area contributed by atoms with Crippen LogP contribution in [0.5, 0.6) is 0 Å². The second-order valence-electron chi connectivity index (χ2n) is 4.75. The average Bonchev–Trinajstić information content (AvgIpc) is 3.04. The van der Waals surface area contributed by atoms with Crippen molar-refractivity contribution in [2.45, 2.75) is 13.5 Å². The molecule has 1 saturated heterocycles. The molecule has 1 aliphatic rings. The fourth-order valence-corrected chi connectivity index (χ4v) is 2.77. The smallest absolute Gasteiger partial charge is 0.237 e. The molecule has 0 spiro atoms. The number of nitrogens with zero attached hydrogens (tertiary/aromatic N) is 3. The number of rotatable bonds is 3. The Bertz CT molecular complexity index is 591. The summed E-state index contributed by atoms with van der Waals surface area (Å²) >= 11 is 1.62. The highest BCUT2D eigenvalue weighted by atomic mass is 32.1. The van der Waals surface area contributed by atoms with Crippen molar-refractivity contribution >= 4 is 17.2 Å². The maximum atomic E-state index is 11.5. The van der Waals surface area contributed by atoms with Crippen LogP contribution in [0.3, 0.4) is 0 Å². The molecule has 1 amide bonds. The fourth-order valence-electron chi connectivity index (χ4n) is 2.14. The molecule has 0 aromatic carbocycles. The van der Waals surface area contributed by atoms with Gasteiger partial charge >= 0.3 is 0 Å². The first-order chi connectivity index (χ1) is 9.13. The molecule has 2 aromatic rings. The molecule has 0 bridgehead atoms. The largest absolute Gasteiger partial charge is 0.441 e. The summed E-state index contributed by atoms with van der Waals surface area (Å²) in [4.78, 5) is 19.8. The number of hydrogen-bond acceptors (Lipinski definition) is 5. The van der Waals surface area contributed by atoms with Gasteiger partial charge in [0, 0.05) is 24.5 Å². The van der Waals surface area contributed by atoms with E-state index in [-0.39, 0.29) is 5.91 Å². The van der Waals surface area contributed by atoms with Gasteiger partial charge in [0.1, 0.15) is 5.76 Å². The molecule has 0 radical (unpaired) electrons. The highest BCUT2D eigenvalue weighted by Gasteiger charge is 2.25. The van der Waals surface area contributed by atoms with E-state index in [2.05, 4.69) is 9.88 Å². The number of carbonyl (C=O) groups is 1. The Hall–Kier alpha value is -1.66. The molecule has 0 saturated carbocycles. The lowest BCUT2D eigenvalue weighted by atomic mass is 10.3. The summed E-state index contributed by atoms with van der Waals surface area (Å²) in [5.41, 5.74) is 1.92. The molecule has 0 unspecified atom stereocenters. The standard InChI is InChI=1S/C13H15N3O2S/c1-9-11(5-16-6-12(17)15(2)8-16)14-13(18-9)10-3-4-19-7-10/h3-4,7H,5-6,8H2,1-2H3. The Kier molecular flexibility index (Phi) is 3.12. The minimum Gasteiger partial charge on any atom is -0.441 e. The Morgan fingerprint density at radius 1 is 1.53 bits per heavy atom. The molecule has 5 nitrogen and oxygen atoms in total.